The summed E-state index contributed by atoms with van der Waals surface area (Å²) in [5.41, 5.74) is -0.423. The number of carbonyl (C=O) groups excluding carboxylic acids is 2. The number of carbonyl (C=O) groups is 2. The van der Waals surface area contributed by atoms with Crippen LogP contribution in [0.2, 0.25) is 0 Å². The van der Waals surface area contributed by atoms with Crippen LogP contribution in [0, 0.1) is 5.82 Å². The van der Waals surface area contributed by atoms with E-state index >= 15 is 0 Å². The van der Waals surface area contributed by atoms with Crippen LogP contribution in [0.5, 0.6) is 0 Å². The Balaban J connectivity index is 2.30. The SMILES string of the molecule is COC(=O)c1cccc(C2CCCN2C(=O)OC(C)(C)C)c1F. The Labute approximate surface area is 135 Å². The molecule has 1 aliphatic heterocycles. The third-order valence-electron chi connectivity index (χ3n) is 3.67. The Bertz CT molecular complexity index is 609. The summed E-state index contributed by atoms with van der Waals surface area (Å²) < 4.78 is 24.6. The van der Waals surface area contributed by atoms with Gasteiger partial charge in [-0.1, -0.05) is 12.1 Å². The van der Waals surface area contributed by atoms with E-state index in [1.165, 1.54) is 18.1 Å². The zero-order chi connectivity index (χ0) is 17.2. The smallest absolute Gasteiger partial charge is 0.410 e. The van der Waals surface area contributed by atoms with Crippen molar-refractivity contribution in [3.05, 3.63) is 35.1 Å². The summed E-state index contributed by atoms with van der Waals surface area (Å²) >= 11 is 0. The van der Waals surface area contributed by atoms with Crippen LogP contribution in [0.15, 0.2) is 18.2 Å². The first-order valence-electron chi connectivity index (χ1n) is 7.61. The Kier molecular flexibility index (Phi) is 4.92. The van der Waals surface area contributed by atoms with Crippen molar-refractivity contribution in [1.82, 2.24) is 4.90 Å². The van der Waals surface area contributed by atoms with E-state index in [1.807, 2.05) is 0 Å². The third kappa shape index (κ3) is 3.81. The molecule has 1 heterocycles. The third-order valence-corrected chi connectivity index (χ3v) is 3.67. The Morgan fingerprint density at radius 1 is 1.30 bits per heavy atom. The van der Waals surface area contributed by atoms with Crippen LogP contribution in [-0.2, 0) is 9.47 Å². The van der Waals surface area contributed by atoms with E-state index in [9.17, 15) is 14.0 Å². The molecule has 1 atom stereocenters. The molecule has 0 radical (unpaired) electrons. The van der Waals surface area contributed by atoms with Crippen LogP contribution in [0.25, 0.3) is 0 Å². The molecule has 1 amide bonds. The molecular weight excluding hydrogens is 301 g/mol. The zero-order valence-corrected chi connectivity index (χ0v) is 13.9. The molecular formula is C17H22FNO4. The number of nitrogens with zero attached hydrogens (tertiary/aromatic N) is 1. The second kappa shape index (κ2) is 6.56. The van der Waals surface area contributed by atoms with E-state index in [-0.39, 0.29) is 5.56 Å². The first kappa shape index (κ1) is 17.2. The fourth-order valence-corrected chi connectivity index (χ4v) is 2.70. The van der Waals surface area contributed by atoms with Gasteiger partial charge in [0.15, 0.2) is 0 Å². The summed E-state index contributed by atoms with van der Waals surface area (Å²) in [7, 11) is 1.21. The molecule has 0 aliphatic carbocycles. The molecule has 0 bridgehead atoms. The highest BCUT2D eigenvalue weighted by Gasteiger charge is 2.35. The van der Waals surface area contributed by atoms with Gasteiger partial charge in [-0.15, -0.1) is 0 Å². The highest BCUT2D eigenvalue weighted by molar-refractivity contribution is 5.89. The maximum absolute atomic E-state index is 14.7. The van der Waals surface area contributed by atoms with E-state index in [4.69, 9.17) is 4.74 Å². The van der Waals surface area contributed by atoms with Crippen LogP contribution in [0.3, 0.4) is 0 Å². The molecule has 1 saturated heterocycles. The van der Waals surface area contributed by atoms with E-state index in [2.05, 4.69) is 4.74 Å². The number of hydrogen-bond donors (Lipinski definition) is 0. The van der Waals surface area contributed by atoms with Gasteiger partial charge in [0, 0.05) is 12.1 Å². The van der Waals surface area contributed by atoms with Crippen LogP contribution in [0.4, 0.5) is 9.18 Å². The summed E-state index contributed by atoms with van der Waals surface area (Å²) in [6, 6.07) is 4.12. The fourth-order valence-electron chi connectivity index (χ4n) is 2.70. The first-order valence-corrected chi connectivity index (χ1v) is 7.61. The molecule has 1 aliphatic rings. The molecule has 126 valence electrons. The minimum atomic E-state index is -0.730. The van der Waals surface area contributed by atoms with Crippen molar-refractivity contribution in [2.45, 2.75) is 45.3 Å². The van der Waals surface area contributed by atoms with Crippen LogP contribution >= 0.6 is 0 Å². The Morgan fingerprint density at radius 3 is 2.61 bits per heavy atom. The van der Waals surface area contributed by atoms with Crippen LogP contribution < -0.4 is 0 Å². The molecule has 0 saturated carbocycles. The number of rotatable bonds is 2. The molecule has 6 heteroatoms. The number of ether oxygens (including phenoxy) is 2. The number of hydrogen-bond acceptors (Lipinski definition) is 4. The van der Waals surface area contributed by atoms with E-state index in [0.717, 1.165) is 6.42 Å². The Morgan fingerprint density at radius 2 is 2.00 bits per heavy atom. The number of esters is 1. The average molecular weight is 323 g/mol. The Hall–Kier alpha value is -2.11. The van der Waals surface area contributed by atoms with Gasteiger partial charge >= 0.3 is 12.1 Å². The quantitative estimate of drug-likeness (QED) is 0.779. The molecule has 5 nitrogen and oxygen atoms in total. The van der Waals surface area contributed by atoms with Gasteiger partial charge in [0.1, 0.15) is 11.4 Å². The number of halogens is 1. The van der Waals surface area contributed by atoms with Gasteiger partial charge in [0.25, 0.3) is 0 Å². The van der Waals surface area contributed by atoms with Gasteiger partial charge < -0.3 is 14.4 Å². The molecule has 2 rings (SSSR count). The van der Waals surface area contributed by atoms with Crippen LogP contribution in [0.1, 0.15) is 55.6 Å². The van der Waals surface area contributed by atoms with E-state index in [0.29, 0.717) is 18.5 Å². The van der Waals surface area contributed by atoms with Gasteiger partial charge in [-0.05, 0) is 39.7 Å². The molecule has 0 spiro atoms. The lowest BCUT2D eigenvalue weighted by atomic mass is 10.0. The minimum absolute atomic E-state index is 0.124. The predicted molar refractivity (Wildman–Crippen MR) is 82.7 cm³/mol. The lowest BCUT2D eigenvalue weighted by molar-refractivity contribution is 0.0222. The van der Waals surface area contributed by atoms with Gasteiger partial charge in [0.05, 0.1) is 18.7 Å². The standard InChI is InChI=1S/C17H22FNO4/c1-17(2,3)23-16(21)19-10-6-9-13(19)11-7-5-8-12(14(11)18)15(20)22-4/h5,7-8,13H,6,9-10H2,1-4H3. The first-order chi connectivity index (χ1) is 10.7. The highest BCUT2D eigenvalue weighted by Crippen LogP contribution is 2.35. The number of likely N-dealkylation sites (tertiary alicyclic amines) is 1. The maximum atomic E-state index is 14.7. The van der Waals surface area contributed by atoms with Crippen molar-refractivity contribution in [3.8, 4) is 0 Å². The lowest BCUT2D eigenvalue weighted by Gasteiger charge is -2.29. The number of benzene rings is 1. The molecule has 1 unspecified atom stereocenters. The second-order valence-corrected chi connectivity index (χ2v) is 6.53. The van der Waals surface area contributed by atoms with Crippen LogP contribution in [-0.4, -0.2) is 36.2 Å². The van der Waals surface area contributed by atoms with Crippen molar-refractivity contribution in [2.24, 2.45) is 0 Å². The van der Waals surface area contributed by atoms with Gasteiger partial charge in [-0.3, -0.25) is 0 Å². The van der Waals surface area contributed by atoms with E-state index in [1.54, 1.807) is 32.9 Å². The van der Waals surface area contributed by atoms with Crippen molar-refractivity contribution in [3.63, 3.8) is 0 Å². The largest absolute Gasteiger partial charge is 0.465 e. The molecule has 0 N–H and O–H groups in total. The average Bonchev–Trinajstić information content (AvgIpc) is 2.94. The van der Waals surface area contributed by atoms with Gasteiger partial charge in [-0.25, -0.2) is 14.0 Å². The molecule has 1 fully saturated rings. The monoisotopic (exact) mass is 323 g/mol. The van der Waals surface area contributed by atoms with E-state index < -0.39 is 29.5 Å². The van der Waals surface area contributed by atoms with Crippen molar-refractivity contribution >= 4 is 12.1 Å². The summed E-state index contributed by atoms with van der Waals surface area (Å²) in [4.78, 5) is 25.5. The minimum Gasteiger partial charge on any atom is -0.465 e. The van der Waals surface area contributed by atoms with Crippen molar-refractivity contribution in [1.29, 1.82) is 0 Å². The molecule has 1 aromatic rings. The van der Waals surface area contributed by atoms with Gasteiger partial charge in [0.2, 0.25) is 0 Å². The second-order valence-electron chi connectivity index (χ2n) is 6.53. The lowest BCUT2D eigenvalue weighted by Crippen LogP contribution is -2.36. The highest BCUT2D eigenvalue weighted by atomic mass is 19.1. The summed E-state index contributed by atoms with van der Waals surface area (Å²) in [6.07, 6.45) is 0.912. The molecule has 1 aromatic carbocycles. The van der Waals surface area contributed by atoms with Crippen molar-refractivity contribution in [2.75, 3.05) is 13.7 Å². The normalized spacial score (nSPS) is 18.0. The molecule has 0 aromatic heterocycles. The summed E-state index contributed by atoms with van der Waals surface area (Å²) in [5, 5.41) is 0. The molecule has 23 heavy (non-hydrogen) atoms. The maximum Gasteiger partial charge on any atom is 0.410 e. The fraction of sp³-hybridized carbons (Fsp3) is 0.529. The summed E-state index contributed by atoms with van der Waals surface area (Å²) in [6.45, 7) is 5.86. The number of amides is 1. The zero-order valence-electron chi connectivity index (χ0n) is 13.9. The van der Waals surface area contributed by atoms with Gasteiger partial charge in [-0.2, -0.15) is 0 Å². The predicted octanol–water partition coefficient (Wildman–Crippen LogP) is 3.68. The topological polar surface area (TPSA) is 55.8 Å². The number of methoxy groups -OCH3 is 1. The summed E-state index contributed by atoms with van der Waals surface area (Å²) in [5.74, 6) is -1.37. The van der Waals surface area contributed by atoms with Crippen molar-refractivity contribution < 1.29 is 23.5 Å².